The van der Waals surface area contributed by atoms with Gasteiger partial charge < -0.3 is 10.1 Å². The zero-order valence-corrected chi connectivity index (χ0v) is 14.4. The van der Waals surface area contributed by atoms with Gasteiger partial charge >= 0.3 is 0 Å². The molecule has 0 saturated carbocycles. The van der Waals surface area contributed by atoms with Gasteiger partial charge in [-0.05, 0) is 44.0 Å². The van der Waals surface area contributed by atoms with E-state index in [1.165, 1.54) is 0 Å². The Morgan fingerprint density at radius 3 is 2.53 bits per heavy atom. The average Bonchev–Trinajstić information content (AvgIpc) is 2.35. The van der Waals surface area contributed by atoms with Crippen molar-refractivity contribution in [3.63, 3.8) is 0 Å². The van der Waals surface area contributed by atoms with Gasteiger partial charge in [0.2, 0.25) is 0 Å². The molecule has 2 unspecified atom stereocenters. The Morgan fingerprint density at radius 1 is 1.37 bits per heavy atom. The molecule has 0 amide bonds. The third-order valence-corrected chi connectivity index (χ3v) is 4.08. The van der Waals surface area contributed by atoms with Crippen molar-refractivity contribution >= 4 is 27.5 Å². The summed E-state index contributed by atoms with van der Waals surface area (Å²) in [5, 5.41) is 4.16. The van der Waals surface area contributed by atoms with Crippen LogP contribution >= 0.6 is 27.5 Å². The highest BCUT2D eigenvalue weighted by atomic mass is 79.9. The summed E-state index contributed by atoms with van der Waals surface area (Å²) in [6, 6.07) is 6.30. The number of hydrogen-bond donors (Lipinski definition) is 1. The average molecular weight is 349 g/mol. The predicted octanol–water partition coefficient (Wildman–Crippen LogP) is 4.29. The van der Waals surface area contributed by atoms with E-state index in [0.717, 1.165) is 28.1 Å². The summed E-state index contributed by atoms with van der Waals surface area (Å²) < 4.78 is 6.88. The Bertz CT molecular complexity index is 398. The van der Waals surface area contributed by atoms with Crippen molar-refractivity contribution in [3.05, 3.63) is 33.3 Å². The Hall–Kier alpha value is -0.0900. The lowest BCUT2D eigenvalue weighted by atomic mass is 9.94. The maximum Gasteiger partial charge on any atom is 0.0753 e. The molecule has 1 N–H and O–H groups in total. The summed E-state index contributed by atoms with van der Waals surface area (Å²) >= 11 is 9.73. The Kier molecular flexibility index (Phi) is 7.37. The van der Waals surface area contributed by atoms with Gasteiger partial charge in [0, 0.05) is 22.1 Å². The van der Waals surface area contributed by atoms with E-state index in [4.69, 9.17) is 16.3 Å². The summed E-state index contributed by atoms with van der Waals surface area (Å²) in [6.07, 6.45) is 1.06. The molecular weight excluding hydrogens is 326 g/mol. The van der Waals surface area contributed by atoms with Gasteiger partial charge in [0.15, 0.2) is 0 Å². The standard InChI is InChI=1S/C15H23BrClNO/c1-5-19-15(10(2)3)14(18-4)8-11-6-7-12(16)9-13(11)17/h6-7,9-10,14-15,18H,5,8H2,1-4H3. The van der Waals surface area contributed by atoms with Crippen LogP contribution in [0.2, 0.25) is 5.02 Å². The van der Waals surface area contributed by atoms with Crippen molar-refractivity contribution in [1.29, 1.82) is 0 Å². The summed E-state index contributed by atoms with van der Waals surface area (Å²) in [7, 11) is 1.98. The third-order valence-electron chi connectivity index (χ3n) is 3.24. The minimum absolute atomic E-state index is 0.190. The topological polar surface area (TPSA) is 21.3 Å². The number of ether oxygens (including phenoxy) is 1. The Morgan fingerprint density at radius 2 is 2.05 bits per heavy atom. The van der Waals surface area contributed by atoms with E-state index >= 15 is 0 Å². The highest BCUT2D eigenvalue weighted by Gasteiger charge is 2.24. The van der Waals surface area contributed by atoms with Crippen LogP contribution in [0.15, 0.2) is 22.7 Å². The van der Waals surface area contributed by atoms with Gasteiger partial charge in [0.05, 0.1) is 6.10 Å². The van der Waals surface area contributed by atoms with Gasteiger partial charge in [-0.25, -0.2) is 0 Å². The molecule has 2 nitrogen and oxygen atoms in total. The second-order valence-corrected chi connectivity index (χ2v) is 6.32. The first-order valence-corrected chi connectivity index (χ1v) is 7.89. The van der Waals surface area contributed by atoms with Crippen molar-refractivity contribution in [2.75, 3.05) is 13.7 Å². The fraction of sp³-hybridized carbons (Fsp3) is 0.600. The van der Waals surface area contributed by atoms with Crippen LogP contribution < -0.4 is 5.32 Å². The summed E-state index contributed by atoms with van der Waals surface area (Å²) in [4.78, 5) is 0. The van der Waals surface area contributed by atoms with E-state index in [0.29, 0.717) is 5.92 Å². The van der Waals surface area contributed by atoms with Crippen molar-refractivity contribution in [3.8, 4) is 0 Å². The van der Waals surface area contributed by atoms with E-state index < -0.39 is 0 Å². The molecule has 0 saturated heterocycles. The molecule has 0 bridgehead atoms. The van der Waals surface area contributed by atoms with Gasteiger partial charge in [-0.2, -0.15) is 0 Å². The van der Waals surface area contributed by atoms with Crippen molar-refractivity contribution in [1.82, 2.24) is 5.32 Å². The number of halogens is 2. The SMILES string of the molecule is CCOC(C(C)C)C(Cc1ccc(Br)cc1Cl)NC. The molecule has 1 aromatic carbocycles. The van der Waals surface area contributed by atoms with Gasteiger partial charge in [0.25, 0.3) is 0 Å². The maximum absolute atomic E-state index is 6.29. The van der Waals surface area contributed by atoms with Gasteiger partial charge in [0.1, 0.15) is 0 Å². The molecule has 1 rings (SSSR count). The molecule has 2 atom stereocenters. The van der Waals surface area contributed by atoms with Gasteiger partial charge in [-0.1, -0.05) is 47.4 Å². The molecule has 19 heavy (non-hydrogen) atoms. The second kappa shape index (κ2) is 8.25. The smallest absolute Gasteiger partial charge is 0.0753 e. The summed E-state index contributed by atoms with van der Waals surface area (Å²) in [6.45, 7) is 7.14. The third kappa shape index (κ3) is 5.07. The molecule has 1 aromatic rings. The van der Waals surface area contributed by atoms with E-state index in [-0.39, 0.29) is 12.1 Å². The Labute approximate surface area is 130 Å². The Balaban J connectivity index is 2.85. The van der Waals surface area contributed by atoms with Gasteiger partial charge in [-0.15, -0.1) is 0 Å². The fourth-order valence-electron chi connectivity index (χ4n) is 2.27. The van der Waals surface area contributed by atoms with Gasteiger partial charge in [-0.3, -0.25) is 0 Å². The zero-order chi connectivity index (χ0) is 14.4. The summed E-state index contributed by atoms with van der Waals surface area (Å²) in [5.41, 5.74) is 1.15. The van der Waals surface area contributed by atoms with Crippen LogP contribution in [0, 0.1) is 5.92 Å². The second-order valence-electron chi connectivity index (χ2n) is 5.00. The number of likely N-dealkylation sites (N-methyl/N-ethyl adjacent to an activating group) is 1. The van der Waals surface area contributed by atoms with E-state index in [2.05, 4.69) is 41.2 Å². The molecule has 0 aliphatic carbocycles. The number of nitrogens with one attached hydrogen (secondary N) is 1. The highest BCUT2D eigenvalue weighted by molar-refractivity contribution is 9.10. The van der Waals surface area contributed by atoms with Crippen LogP contribution in [0.1, 0.15) is 26.3 Å². The molecule has 0 aliphatic rings. The van der Waals surface area contributed by atoms with Crippen LogP contribution in [0.3, 0.4) is 0 Å². The first kappa shape index (κ1) is 17.0. The quantitative estimate of drug-likeness (QED) is 0.793. The van der Waals surface area contributed by atoms with E-state index in [1.54, 1.807) is 0 Å². The normalized spacial score (nSPS) is 14.7. The van der Waals surface area contributed by atoms with Crippen LogP contribution in [0.4, 0.5) is 0 Å². The minimum atomic E-state index is 0.190. The van der Waals surface area contributed by atoms with E-state index in [9.17, 15) is 0 Å². The lowest BCUT2D eigenvalue weighted by Gasteiger charge is -2.30. The molecule has 4 heteroatoms. The van der Waals surface area contributed by atoms with Crippen LogP contribution in [0.5, 0.6) is 0 Å². The maximum atomic E-state index is 6.29. The number of hydrogen-bond acceptors (Lipinski definition) is 2. The van der Waals surface area contributed by atoms with Crippen LogP contribution in [0.25, 0.3) is 0 Å². The molecule has 0 fully saturated rings. The van der Waals surface area contributed by atoms with Crippen LogP contribution in [-0.4, -0.2) is 25.8 Å². The van der Waals surface area contributed by atoms with Crippen molar-refractivity contribution in [2.45, 2.75) is 39.3 Å². The molecule has 0 radical (unpaired) electrons. The van der Waals surface area contributed by atoms with E-state index in [1.807, 2.05) is 26.1 Å². The zero-order valence-electron chi connectivity index (χ0n) is 12.0. The van der Waals surface area contributed by atoms with Crippen molar-refractivity contribution < 1.29 is 4.74 Å². The first-order chi connectivity index (χ1) is 8.99. The fourth-order valence-corrected chi connectivity index (χ4v) is 3.02. The first-order valence-electron chi connectivity index (χ1n) is 6.72. The highest BCUT2D eigenvalue weighted by Crippen LogP contribution is 2.24. The molecular formula is C15H23BrClNO. The summed E-state index contributed by atoms with van der Waals surface area (Å²) in [5.74, 6) is 0.464. The number of benzene rings is 1. The predicted molar refractivity (Wildman–Crippen MR) is 86.0 cm³/mol. The minimum Gasteiger partial charge on any atom is -0.377 e. The molecule has 0 spiro atoms. The van der Waals surface area contributed by atoms with Crippen molar-refractivity contribution in [2.24, 2.45) is 5.92 Å². The lowest BCUT2D eigenvalue weighted by molar-refractivity contribution is 0.00536. The molecule has 108 valence electrons. The lowest BCUT2D eigenvalue weighted by Crippen LogP contribution is -2.44. The molecule has 0 heterocycles. The molecule has 0 aromatic heterocycles. The largest absolute Gasteiger partial charge is 0.377 e. The number of rotatable bonds is 7. The monoisotopic (exact) mass is 347 g/mol. The van der Waals surface area contributed by atoms with Crippen LogP contribution in [-0.2, 0) is 11.2 Å². The molecule has 0 aliphatic heterocycles.